The Morgan fingerprint density at radius 2 is 0.642 bits per heavy atom. The molecule has 41 nitrogen and oxygen atoms in total. The molecule has 4 N–H and O–H groups in total. The summed E-state index contributed by atoms with van der Waals surface area (Å²) in [5, 5.41) is 42.1. The Hall–Kier alpha value is -5.44. The van der Waals surface area contributed by atoms with Crippen LogP contribution >= 0.6 is 0 Å². The number of hydrogen-bond donors (Lipinski definition) is 4. The van der Waals surface area contributed by atoms with Crippen molar-refractivity contribution in [3.05, 3.63) is 25.3 Å². The summed E-state index contributed by atoms with van der Waals surface area (Å²) in [6, 6.07) is 0. The number of aliphatic hydroxyl groups is 4. The van der Waals surface area contributed by atoms with Crippen molar-refractivity contribution in [2.45, 2.75) is 546 Å². The summed E-state index contributed by atoms with van der Waals surface area (Å²) in [7, 11) is 8.27. The molecule has 6 bridgehead atoms. The van der Waals surface area contributed by atoms with E-state index >= 15 is 0 Å². The number of aliphatic hydroxyl groups excluding tert-OH is 4. The van der Waals surface area contributed by atoms with Crippen molar-refractivity contribution in [3.63, 3.8) is 0 Å². The van der Waals surface area contributed by atoms with Crippen LogP contribution < -0.4 is 0 Å². The van der Waals surface area contributed by atoms with Gasteiger partial charge in [0.05, 0.1) is 173 Å². The van der Waals surface area contributed by atoms with Crippen molar-refractivity contribution < 1.29 is 196 Å². The van der Waals surface area contributed by atoms with Crippen molar-refractivity contribution in [2.75, 3.05) is 42.7 Å². The highest BCUT2D eigenvalue weighted by Crippen LogP contribution is 2.58. The quantitative estimate of drug-likeness (QED) is 0.0293. The highest BCUT2D eigenvalue weighted by atomic mass is 16.8. The van der Waals surface area contributed by atoms with Gasteiger partial charge in [0.2, 0.25) is 11.6 Å². The zero-order chi connectivity index (χ0) is 105. The SMILES string of the molecule is C=CC(=O)[C@@H](C)[C@@H]1O[C@H]2CC[C@H](CC(=O)OC)O[C@@H]2[C@@H]2OC3(CCCCC3)OC21.C=C[C@@H](C)[C@@H]1O[C@H]2CC[C@H](CC(=O)OC)O[C@@H]2[C@@H]2OC3(CCCCC3)OC21.CCC[C@@]12O[C@H]3[C@H]4O[C@@H](CC(=O)OC)CC[C@@H]4O[C@@H](C1=O)[C@H]3O2.CCC[C@H]1O[C@H]2[C@@H](O)[C@H]3O[C@@H](CC(=O)OC)CC[C@@H]3O[C@H]2[C@H]1O.CCC[C@]12O[C@@H]3[C@H](O1)[C@@H](O[C@H]1CC[C@H](CC(=O)OC)O[C@H]31)[C@@H]2O.CCC[C@]12O[C@@H]3[C@H](O1)[C@@H](O[C@H]1CC[C@H](CC(=O)OC)O[C@H]31)[C@H]2O. The molecule has 2 unspecified atom stereocenters. The fourth-order valence-electron chi connectivity index (χ4n) is 27.3. The van der Waals surface area contributed by atoms with Crippen LogP contribution in [-0.2, 0) is 176 Å². The molecular formula is C107H160O41. The minimum absolute atomic E-state index is 0.0325. The number of rotatable bonds is 25. The fraction of sp³-hybridized carbons (Fsp3) is 0.888. The maximum absolute atomic E-state index is 12.5. The highest BCUT2D eigenvalue weighted by Gasteiger charge is 2.75. The standard InChI is InChI=1S/C22H32O7.C21H32O6.2C16H24O7.C16H22O7.C16H26O7/c1-4-15(23)13(2)18-20-21(29-22(28-20)10-6-5-7-11-22)19-16(27-18)9-8-14(26-19)12-17(24)25-3;1-4-13(2)17-19-20(27-21(26-19)10-6-5-7-11-21)18-15(25-17)9-8-14(24-18)12-16(22)23-3;3*1-3-6-16-15(18)14-13(23-16)12(22-16)11-9(21-14)5-4-8(20-11)7-10(17)19-2;1-3-4-9-12(18)15-16(22-9)13(19)14-10(23-15)6-5-8(21-14)7-11(17)20-2/h4,13-14,16,18-21H,1,5-12H2,2-3H3;4,13-15,17-20H,1,5-12H2,2-3H3;2*8-9,11-15,18H,3-7H2,1-2H3;8-9,11-14H,3-7H2,1-2H3;8-10,12-16,18-19H,3-7H2,1-2H3/t13-,14-,16+,18+,19+,20?,21+;13-,14-,15+,17+,18+,19?,20+;8-,9+,11+,12+,13+,14-,15+,16+;8-,9+,11+,12+,13+,14-,15-,16+;8-,9+,11+,12+,13+,14-,16+;8-,9-,10+,12+,13+,14+,15+,16+/m111111/s1. The van der Waals surface area contributed by atoms with E-state index in [1.807, 2.05) is 40.7 Å². The highest BCUT2D eigenvalue weighted by molar-refractivity contribution is 5.94. The van der Waals surface area contributed by atoms with Gasteiger partial charge in [0, 0.05) is 56.8 Å². The third-order valence-corrected chi connectivity index (χ3v) is 34.7. The monoisotopic (exact) mass is 2100 g/mol. The van der Waals surface area contributed by atoms with Crippen molar-refractivity contribution >= 4 is 47.4 Å². The molecule has 148 heavy (non-hydrogen) atoms. The number of Topliss-reactive ketones (excluding diaryl/α,β-unsaturated/α-hetero) is 1. The molecule has 23 aliphatic rings. The lowest BCUT2D eigenvalue weighted by Crippen LogP contribution is -2.65. The Kier molecular flexibility index (Phi) is 36.3. The number of carbonyl (C=O) groups excluding carboxylic acids is 8. The lowest BCUT2D eigenvalue weighted by molar-refractivity contribution is -0.299. The summed E-state index contributed by atoms with van der Waals surface area (Å²) in [5.41, 5.74) is 0. The molecule has 0 radical (unpaired) electrons. The topological polar surface area (TPSA) is 485 Å². The fourth-order valence-corrected chi connectivity index (χ4v) is 27.3. The first-order valence-electron chi connectivity index (χ1n) is 55.0. The number of fused-ring (bicyclic) bond motifs is 17. The first-order valence-corrected chi connectivity index (χ1v) is 55.0. The van der Waals surface area contributed by atoms with Crippen molar-refractivity contribution in [3.8, 4) is 0 Å². The molecule has 21 heterocycles. The molecule has 2 spiro atoms. The number of ketones is 2. The van der Waals surface area contributed by atoms with Gasteiger partial charge in [0.15, 0.2) is 35.0 Å². The molecule has 0 amide bonds. The second-order valence-corrected chi connectivity index (χ2v) is 44.3. The van der Waals surface area contributed by atoms with Crippen LogP contribution in [0.25, 0.3) is 0 Å². The molecule has 21 saturated heterocycles. The van der Waals surface area contributed by atoms with Gasteiger partial charge in [0.25, 0.3) is 0 Å². The second-order valence-electron chi connectivity index (χ2n) is 44.3. The van der Waals surface area contributed by atoms with E-state index in [0.717, 1.165) is 135 Å². The second kappa shape index (κ2) is 47.9. The van der Waals surface area contributed by atoms with Crippen molar-refractivity contribution in [1.29, 1.82) is 0 Å². The number of carbonyl (C=O) groups is 8. The molecule has 23 fully saturated rings. The van der Waals surface area contributed by atoms with Crippen LogP contribution in [0.5, 0.6) is 0 Å². The number of esters is 6. The summed E-state index contributed by atoms with van der Waals surface area (Å²) >= 11 is 0. The van der Waals surface area contributed by atoms with Crippen LogP contribution in [0.4, 0.5) is 0 Å². The predicted octanol–water partition coefficient (Wildman–Crippen LogP) is 7.75. The van der Waals surface area contributed by atoms with Crippen molar-refractivity contribution in [2.24, 2.45) is 11.8 Å². The van der Waals surface area contributed by atoms with Crippen LogP contribution in [0.15, 0.2) is 25.3 Å². The van der Waals surface area contributed by atoms with E-state index < -0.39 is 90.0 Å². The van der Waals surface area contributed by atoms with Crippen LogP contribution in [0.2, 0.25) is 0 Å². The molecule has 2 saturated carbocycles. The van der Waals surface area contributed by atoms with E-state index in [1.54, 1.807) is 0 Å². The molecule has 23 rings (SSSR count). The van der Waals surface area contributed by atoms with E-state index in [4.69, 9.17) is 133 Å². The summed E-state index contributed by atoms with van der Waals surface area (Å²) in [4.78, 5) is 94.2. The van der Waals surface area contributed by atoms with Gasteiger partial charge in [-0.2, -0.15) is 0 Å². The maximum atomic E-state index is 12.5. The molecule has 0 aromatic rings. The van der Waals surface area contributed by atoms with Gasteiger partial charge in [-0.05, 0) is 115 Å². The smallest absolute Gasteiger partial charge is 0.308 e. The molecule has 21 aliphatic heterocycles. The molecule has 41 heteroatoms. The third kappa shape index (κ3) is 22.7. The largest absolute Gasteiger partial charge is 0.469 e. The van der Waals surface area contributed by atoms with E-state index in [1.165, 1.54) is 61.6 Å². The van der Waals surface area contributed by atoms with Gasteiger partial charge in [-0.3, -0.25) is 38.4 Å². The Morgan fingerprint density at radius 3 is 1.01 bits per heavy atom. The van der Waals surface area contributed by atoms with Crippen LogP contribution in [0.1, 0.15) is 273 Å². The molecule has 45 atom stereocenters. The Labute approximate surface area is 865 Å². The normalized spacial score (nSPS) is 45.5. The number of allylic oxidation sites excluding steroid dienone is 1. The number of ether oxygens (including phenoxy) is 29. The number of hydrogen-bond acceptors (Lipinski definition) is 41. The minimum atomic E-state index is -1.15. The van der Waals surface area contributed by atoms with E-state index in [9.17, 15) is 58.8 Å². The predicted molar refractivity (Wildman–Crippen MR) is 509 cm³/mol. The first kappa shape index (κ1) is 112. The summed E-state index contributed by atoms with van der Waals surface area (Å²) in [5.74, 6) is -6.19. The zero-order valence-electron chi connectivity index (χ0n) is 87.7. The van der Waals surface area contributed by atoms with Gasteiger partial charge >= 0.3 is 35.8 Å². The lowest BCUT2D eigenvalue weighted by Gasteiger charge is -2.49. The lowest BCUT2D eigenvalue weighted by atomic mass is 9.84. The van der Waals surface area contributed by atoms with E-state index in [2.05, 4.69) is 24.8 Å². The van der Waals surface area contributed by atoms with Gasteiger partial charge in [0.1, 0.15) is 146 Å². The summed E-state index contributed by atoms with van der Waals surface area (Å²) in [6.45, 7) is 19.6. The molecule has 0 aromatic heterocycles. The number of methoxy groups -OCH3 is 6. The average molecular weight is 2100 g/mol. The first-order chi connectivity index (χ1) is 71.3. The summed E-state index contributed by atoms with van der Waals surface area (Å²) in [6.07, 6.45) is 16.8. The van der Waals surface area contributed by atoms with E-state index in [-0.39, 0.29) is 281 Å². The third-order valence-electron chi connectivity index (χ3n) is 34.7. The molecular weight excluding hydrogens is 1940 g/mol. The summed E-state index contributed by atoms with van der Waals surface area (Å²) < 4.78 is 170. The van der Waals surface area contributed by atoms with Crippen LogP contribution in [-0.4, -0.2) is 384 Å². The Bertz CT molecular complexity index is 4430. The van der Waals surface area contributed by atoms with Crippen LogP contribution in [0, 0.1) is 11.8 Å². The Morgan fingerprint density at radius 1 is 0.331 bits per heavy atom. The molecule has 834 valence electrons. The minimum Gasteiger partial charge on any atom is -0.469 e. The van der Waals surface area contributed by atoms with Crippen molar-refractivity contribution in [1.82, 2.24) is 0 Å². The average Bonchev–Trinajstić information content (AvgIpc) is 1.18. The maximum Gasteiger partial charge on any atom is 0.308 e. The van der Waals surface area contributed by atoms with E-state index in [0.29, 0.717) is 44.9 Å². The van der Waals surface area contributed by atoms with Gasteiger partial charge < -0.3 is 158 Å². The van der Waals surface area contributed by atoms with Crippen LogP contribution in [0.3, 0.4) is 0 Å². The Balaban J connectivity index is 0.000000116. The van der Waals surface area contributed by atoms with Gasteiger partial charge in [-0.15, -0.1) is 6.58 Å². The van der Waals surface area contributed by atoms with Gasteiger partial charge in [-0.25, -0.2) is 0 Å². The molecule has 2 aliphatic carbocycles. The zero-order valence-corrected chi connectivity index (χ0v) is 87.7. The molecule has 0 aromatic carbocycles. The van der Waals surface area contributed by atoms with Gasteiger partial charge in [-0.1, -0.05) is 92.7 Å².